The molecule has 1 N–H and O–H groups in total. The van der Waals surface area contributed by atoms with Gasteiger partial charge in [-0.25, -0.2) is 0 Å². The molecule has 0 aromatic heterocycles. The van der Waals surface area contributed by atoms with Crippen LogP contribution in [0.5, 0.6) is 5.75 Å². The minimum absolute atomic E-state index is 0.803. The lowest BCUT2D eigenvalue weighted by molar-refractivity contribution is 0.194. The van der Waals surface area contributed by atoms with E-state index in [1.807, 2.05) is 0 Å². The SMILES string of the molecule is CCCCN(C)c1ccc(CNCCCOC)cc1OC. The first-order chi connectivity index (χ1) is 10.2. The number of rotatable bonds is 11. The number of hydrogen-bond donors (Lipinski definition) is 1. The van der Waals surface area contributed by atoms with E-state index in [0.717, 1.165) is 44.1 Å². The van der Waals surface area contributed by atoms with Crippen LogP contribution in [0, 0.1) is 0 Å². The largest absolute Gasteiger partial charge is 0.495 e. The van der Waals surface area contributed by atoms with Gasteiger partial charge in [0.25, 0.3) is 0 Å². The van der Waals surface area contributed by atoms with Crippen LogP contribution in [0.4, 0.5) is 5.69 Å². The molecular formula is C17H30N2O2. The molecule has 21 heavy (non-hydrogen) atoms. The van der Waals surface area contributed by atoms with Crippen molar-refractivity contribution < 1.29 is 9.47 Å². The number of methoxy groups -OCH3 is 2. The Balaban J connectivity index is 2.57. The molecule has 0 aliphatic rings. The molecule has 4 nitrogen and oxygen atoms in total. The lowest BCUT2D eigenvalue weighted by Crippen LogP contribution is -2.19. The van der Waals surface area contributed by atoms with Gasteiger partial charge in [0.05, 0.1) is 12.8 Å². The molecule has 0 aliphatic heterocycles. The van der Waals surface area contributed by atoms with Crippen LogP contribution in [0.15, 0.2) is 18.2 Å². The molecule has 1 aromatic rings. The van der Waals surface area contributed by atoms with E-state index >= 15 is 0 Å². The molecule has 0 heterocycles. The van der Waals surface area contributed by atoms with Crippen molar-refractivity contribution in [3.8, 4) is 5.75 Å². The smallest absolute Gasteiger partial charge is 0.142 e. The highest BCUT2D eigenvalue weighted by Gasteiger charge is 2.08. The van der Waals surface area contributed by atoms with Gasteiger partial charge in [-0.15, -0.1) is 0 Å². The van der Waals surface area contributed by atoms with Crippen LogP contribution >= 0.6 is 0 Å². The summed E-state index contributed by atoms with van der Waals surface area (Å²) >= 11 is 0. The van der Waals surface area contributed by atoms with Crippen molar-refractivity contribution in [2.75, 3.05) is 45.9 Å². The molecule has 0 unspecified atom stereocenters. The molecule has 1 rings (SSSR count). The summed E-state index contributed by atoms with van der Waals surface area (Å²) in [5.74, 6) is 0.949. The highest BCUT2D eigenvalue weighted by Crippen LogP contribution is 2.28. The summed E-state index contributed by atoms with van der Waals surface area (Å²) in [7, 11) is 5.59. The van der Waals surface area contributed by atoms with Crippen LogP contribution in [0.3, 0.4) is 0 Å². The third-order valence-electron chi connectivity index (χ3n) is 3.53. The molecule has 0 radical (unpaired) electrons. The van der Waals surface area contributed by atoms with Gasteiger partial charge in [-0.1, -0.05) is 19.4 Å². The molecule has 4 heteroatoms. The second kappa shape index (κ2) is 10.5. The fourth-order valence-corrected chi connectivity index (χ4v) is 2.24. The fourth-order valence-electron chi connectivity index (χ4n) is 2.24. The molecule has 0 fully saturated rings. The van der Waals surface area contributed by atoms with Crippen molar-refractivity contribution in [1.82, 2.24) is 5.32 Å². The summed E-state index contributed by atoms with van der Waals surface area (Å²) in [5.41, 5.74) is 2.41. The summed E-state index contributed by atoms with van der Waals surface area (Å²) in [4.78, 5) is 2.26. The van der Waals surface area contributed by atoms with Crippen molar-refractivity contribution in [2.24, 2.45) is 0 Å². The minimum Gasteiger partial charge on any atom is -0.495 e. The zero-order chi connectivity index (χ0) is 15.5. The molecule has 0 spiro atoms. The molecule has 0 bridgehead atoms. The predicted molar refractivity (Wildman–Crippen MR) is 89.4 cm³/mol. The van der Waals surface area contributed by atoms with Gasteiger partial charge in [0.1, 0.15) is 5.75 Å². The van der Waals surface area contributed by atoms with E-state index in [4.69, 9.17) is 9.47 Å². The Kier molecular flexibility index (Phi) is 8.87. The van der Waals surface area contributed by atoms with Gasteiger partial charge in [-0.2, -0.15) is 0 Å². The number of ether oxygens (including phenoxy) is 2. The minimum atomic E-state index is 0.803. The van der Waals surface area contributed by atoms with E-state index in [9.17, 15) is 0 Å². The van der Waals surface area contributed by atoms with Crippen LogP contribution in [0.25, 0.3) is 0 Å². The van der Waals surface area contributed by atoms with Crippen molar-refractivity contribution in [3.63, 3.8) is 0 Å². The number of anilines is 1. The molecule has 120 valence electrons. The third-order valence-corrected chi connectivity index (χ3v) is 3.53. The average Bonchev–Trinajstić information content (AvgIpc) is 2.52. The van der Waals surface area contributed by atoms with Gasteiger partial charge in [-0.05, 0) is 37.1 Å². The van der Waals surface area contributed by atoms with Crippen molar-refractivity contribution in [2.45, 2.75) is 32.7 Å². The molecular weight excluding hydrogens is 264 g/mol. The maximum Gasteiger partial charge on any atom is 0.142 e. The Hall–Kier alpha value is -1.26. The topological polar surface area (TPSA) is 33.7 Å². The number of hydrogen-bond acceptors (Lipinski definition) is 4. The Bertz CT molecular complexity index is 396. The summed E-state index contributed by atoms with van der Waals surface area (Å²) in [6.07, 6.45) is 3.43. The predicted octanol–water partition coefficient (Wildman–Crippen LogP) is 3.06. The van der Waals surface area contributed by atoms with Gasteiger partial charge < -0.3 is 19.7 Å². The quantitative estimate of drug-likeness (QED) is 0.636. The third kappa shape index (κ3) is 6.36. The normalized spacial score (nSPS) is 10.7. The Morgan fingerprint density at radius 3 is 2.67 bits per heavy atom. The Morgan fingerprint density at radius 1 is 1.19 bits per heavy atom. The molecule has 0 atom stereocenters. The van der Waals surface area contributed by atoms with Crippen LogP contribution < -0.4 is 15.0 Å². The van der Waals surface area contributed by atoms with Crippen LogP contribution in [-0.2, 0) is 11.3 Å². The maximum atomic E-state index is 5.54. The Morgan fingerprint density at radius 2 is 2.00 bits per heavy atom. The van der Waals surface area contributed by atoms with Gasteiger partial charge in [0.2, 0.25) is 0 Å². The van der Waals surface area contributed by atoms with Crippen LogP contribution in [-0.4, -0.2) is 41.0 Å². The van der Waals surface area contributed by atoms with E-state index < -0.39 is 0 Å². The van der Waals surface area contributed by atoms with E-state index in [0.29, 0.717) is 0 Å². The first-order valence-electron chi connectivity index (χ1n) is 7.80. The van der Waals surface area contributed by atoms with Crippen molar-refractivity contribution in [3.05, 3.63) is 23.8 Å². The standard InChI is InChI=1S/C17H30N2O2/c1-5-6-11-19(2)16-9-8-15(13-17(16)21-4)14-18-10-7-12-20-3/h8-9,13,18H,5-7,10-12,14H2,1-4H3. The second-order valence-electron chi connectivity index (χ2n) is 5.30. The first-order valence-corrected chi connectivity index (χ1v) is 7.80. The highest BCUT2D eigenvalue weighted by molar-refractivity contribution is 5.59. The number of nitrogens with zero attached hydrogens (tertiary/aromatic N) is 1. The highest BCUT2D eigenvalue weighted by atomic mass is 16.5. The molecule has 0 amide bonds. The first kappa shape index (κ1) is 17.8. The van der Waals surface area contributed by atoms with Crippen LogP contribution in [0.2, 0.25) is 0 Å². The lowest BCUT2D eigenvalue weighted by Gasteiger charge is -2.22. The summed E-state index contributed by atoms with van der Waals surface area (Å²) in [6.45, 7) is 5.90. The van der Waals surface area contributed by atoms with E-state index in [2.05, 4.69) is 42.4 Å². The fraction of sp³-hybridized carbons (Fsp3) is 0.647. The number of unbranched alkanes of at least 4 members (excludes halogenated alkanes) is 1. The van der Waals surface area contributed by atoms with E-state index in [-0.39, 0.29) is 0 Å². The zero-order valence-corrected chi connectivity index (χ0v) is 13.9. The van der Waals surface area contributed by atoms with E-state index in [1.165, 1.54) is 18.4 Å². The van der Waals surface area contributed by atoms with E-state index in [1.54, 1.807) is 14.2 Å². The van der Waals surface area contributed by atoms with Crippen molar-refractivity contribution >= 4 is 5.69 Å². The lowest BCUT2D eigenvalue weighted by atomic mass is 10.1. The summed E-state index contributed by atoms with van der Waals surface area (Å²) in [5, 5.41) is 3.42. The number of benzene rings is 1. The molecule has 0 aliphatic carbocycles. The molecule has 0 saturated heterocycles. The zero-order valence-electron chi connectivity index (χ0n) is 13.9. The summed E-state index contributed by atoms with van der Waals surface area (Å²) in [6, 6.07) is 6.45. The van der Waals surface area contributed by atoms with Crippen LogP contribution in [0.1, 0.15) is 31.7 Å². The second-order valence-corrected chi connectivity index (χ2v) is 5.30. The van der Waals surface area contributed by atoms with Gasteiger partial charge in [0, 0.05) is 33.9 Å². The van der Waals surface area contributed by atoms with Gasteiger partial charge >= 0.3 is 0 Å². The summed E-state index contributed by atoms with van der Waals surface area (Å²) < 4.78 is 10.6. The molecule has 1 aromatic carbocycles. The van der Waals surface area contributed by atoms with Crippen molar-refractivity contribution in [1.29, 1.82) is 0 Å². The average molecular weight is 294 g/mol. The number of nitrogens with one attached hydrogen (secondary N) is 1. The van der Waals surface area contributed by atoms with Gasteiger partial charge in [0.15, 0.2) is 0 Å². The molecule has 0 saturated carbocycles. The Labute approximate surface area is 129 Å². The monoisotopic (exact) mass is 294 g/mol. The van der Waals surface area contributed by atoms with Gasteiger partial charge in [-0.3, -0.25) is 0 Å². The maximum absolute atomic E-state index is 5.54.